The lowest BCUT2D eigenvalue weighted by molar-refractivity contribution is -0.0276. The van der Waals surface area contributed by atoms with Crippen molar-refractivity contribution in [3.05, 3.63) is 83.7 Å². The third-order valence-corrected chi connectivity index (χ3v) is 4.34. The van der Waals surface area contributed by atoms with Crippen LogP contribution in [0.25, 0.3) is 11.3 Å². The van der Waals surface area contributed by atoms with E-state index >= 15 is 0 Å². The summed E-state index contributed by atoms with van der Waals surface area (Å²) in [5.74, 6) is 0.619. The zero-order valence-corrected chi connectivity index (χ0v) is 15.7. The lowest BCUT2D eigenvalue weighted by Crippen LogP contribution is -2.13. The molecule has 0 aliphatic rings. The molecule has 1 aromatic heterocycles. The lowest BCUT2D eigenvalue weighted by atomic mass is 9.99. The number of aliphatic hydroxyl groups excluding tert-OH is 1. The Balaban J connectivity index is 1.75. The van der Waals surface area contributed by atoms with Gasteiger partial charge in [0.1, 0.15) is 6.61 Å². The fourth-order valence-electron chi connectivity index (χ4n) is 2.86. The van der Waals surface area contributed by atoms with E-state index in [1.807, 2.05) is 49.4 Å². The Kier molecular flexibility index (Phi) is 6.22. The van der Waals surface area contributed by atoms with Gasteiger partial charge < -0.3 is 14.6 Å². The van der Waals surface area contributed by atoms with Crippen molar-refractivity contribution >= 4 is 5.57 Å². The number of rotatable bonds is 7. The molecule has 142 valence electrons. The predicted molar refractivity (Wildman–Crippen MR) is 106 cm³/mol. The van der Waals surface area contributed by atoms with Gasteiger partial charge in [-0.25, -0.2) is 4.68 Å². The van der Waals surface area contributed by atoms with Crippen LogP contribution in [0.15, 0.2) is 67.0 Å². The van der Waals surface area contributed by atoms with Crippen LogP contribution in [-0.2, 0) is 11.3 Å². The molecule has 1 unspecified atom stereocenters. The van der Waals surface area contributed by atoms with Crippen molar-refractivity contribution < 1.29 is 14.6 Å². The Bertz CT molecular complexity index is 1000. The molecule has 0 amide bonds. The summed E-state index contributed by atoms with van der Waals surface area (Å²) in [7, 11) is 1.46. The van der Waals surface area contributed by atoms with E-state index in [1.165, 1.54) is 7.11 Å². The van der Waals surface area contributed by atoms with Gasteiger partial charge in [0.15, 0.2) is 12.0 Å². The minimum absolute atomic E-state index is 0.322. The number of hydrogen-bond donors (Lipinski definition) is 1. The summed E-state index contributed by atoms with van der Waals surface area (Å²) in [5, 5.41) is 23.3. The number of benzene rings is 2. The van der Waals surface area contributed by atoms with Crippen molar-refractivity contribution in [2.45, 2.75) is 19.8 Å². The second kappa shape index (κ2) is 9.00. The monoisotopic (exact) mass is 375 g/mol. The molecule has 0 saturated heterocycles. The molecule has 1 atom stereocenters. The van der Waals surface area contributed by atoms with E-state index in [0.717, 1.165) is 16.8 Å². The first kappa shape index (κ1) is 19.4. The highest BCUT2D eigenvalue weighted by Gasteiger charge is 2.15. The Hall–Kier alpha value is -3.40. The summed E-state index contributed by atoms with van der Waals surface area (Å²) in [6.07, 6.45) is 4.26. The molecule has 3 rings (SSSR count). The maximum Gasteiger partial charge on any atom is 0.181 e. The van der Waals surface area contributed by atoms with Gasteiger partial charge in [0.2, 0.25) is 0 Å². The number of aliphatic hydroxyl groups is 1. The lowest BCUT2D eigenvalue weighted by Gasteiger charge is -2.17. The highest BCUT2D eigenvalue weighted by molar-refractivity contribution is 5.70. The Morgan fingerprint density at radius 3 is 2.68 bits per heavy atom. The zero-order valence-electron chi connectivity index (χ0n) is 15.7. The number of hydrogen-bond acceptors (Lipinski definition) is 5. The molecule has 6 nitrogen and oxygen atoms in total. The molecule has 0 aliphatic carbocycles. The molecule has 6 heteroatoms. The third-order valence-electron chi connectivity index (χ3n) is 4.34. The normalized spacial score (nSPS) is 12.4. The van der Waals surface area contributed by atoms with E-state index in [9.17, 15) is 5.11 Å². The fourth-order valence-corrected chi connectivity index (χ4v) is 2.86. The van der Waals surface area contributed by atoms with Crippen LogP contribution < -0.4 is 4.74 Å². The van der Waals surface area contributed by atoms with Crippen molar-refractivity contribution in [3.8, 4) is 17.5 Å². The molecule has 0 fully saturated rings. The molecule has 0 spiro atoms. The molecular formula is C22H21N3O3. The molecule has 28 heavy (non-hydrogen) atoms. The van der Waals surface area contributed by atoms with Crippen LogP contribution in [0, 0.1) is 11.3 Å². The average molecular weight is 375 g/mol. The summed E-state index contributed by atoms with van der Waals surface area (Å²) in [6, 6.07) is 17.0. The minimum Gasteiger partial charge on any atom is -0.486 e. The van der Waals surface area contributed by atoms with Crippen LogP contribution >= 0.6 is 0 Å². The van der Waals surface area contributed by atoms with Gasteiger partial charge in [0.25, 0.3) is 0 Å². The number of nitrogens with zero attached hydrogens (tertiary/aromatic N) is 3. The topological polar surface area (TPSA) is 80.3 Å². The van der Waals surface area contributed by atoms with Gasteiger partial charge in [0, 0.05) is 12.7 Å². The molecule has 3 aromatic rings. The van der Waals surface area contributed by atoms with Crippen molar-refractivity contribution in [2.75, 3.05) is 7.11 Å². The second-order valence-corrected chi connectivity index (χ2v) is 6.06. The van der Waals surface area contributed by atoms with Gasteiger partial charge >= 0.3 is 0 Å². The standard InChI is InChI=1S/C22H21N3O3/c1-3-20(22(26)27-2)21-7-5-4-6-17(21)15-28-19-13-24-25(14-19)18-10-8-16(12-23)9-11-18/h3-11,13-14,22,26H,15H2,1-2H3/b20-3+. The van der Waals surface area contributed by atoms with Crippen molar-refractivity contribution in [1.82, 2.24) is 9.78 Å². The minimum atomic E-state index is -0.995. The third kappa shape index (κ3) is 4.29. The summed E-state index contributed by atoms with van der Waals surface area (Å²) in [5.41, 5.74) is 3.93. The molecule has 0 radical (unpaired) electrons. The van der Waals surface area contributed by atoms with E-state index in [1.54, 1.807) is 29.2 Å². The van der Waals surface area contributed by atoms with Crippen molar-refractivity contribution in [2.24, 2.45) is 0 Å². The van der Waals surface area contributed by atoms with E-state index in [4.69, 9.17) is 14.7 Å². The maximum atomic E-state index is 10.1. The number of methoxy groups -OCH3 is 1. The van der Waals surface area contributed by atoms with Crippen LogP contribution in [0.4, 0.5) is 0 Å². The summed E-state index contributed by atoms with van der Waals surface area (Å²) in [4.78, 5) is 0. The Labute approximate surface area is 163 Å². The first-order chi connectivity index (χ1) is 13.7. The highest BCUT2D eigenvalue weighted by Crippen LogP contribution is 2.24. The average Bonchev–Trinajstić information content (AvgIpc) is 3.22. The Morgan fingerprint density at radius 1 is 1.25 bits per heavy atom. The zero-order chi connectivity index (χ0) is 19.9. The van der Waals surface area contributed by atoms with Crippen LogP contribution in [0.1, 0.15) is 23.6 Å². The van der Waals surface area contributed by atoms with E-state index in [0.29, 0.717) is 23.5 Å². The number of aromatic nitrogens is 2. The molecule has 1 heterocycles. The number of allylic oxidation sites excluding steroid dienone is 1. The van der Waals surface area contributed by atoms with Crippen molar-refractivity contribution in [3.63, 3.8) is 0 Å². The largest absolute Gasteiger partial charge is 0.486 e. The Morgan fingerprint density at radius 2 is 2.00 bits per heavy atom. The van der Waals surface area contributed by atoms with Gasteiger partial charge in [-0.15, -0.1) is 0 Å². The molecule has 0 bridgehead atoms. The van der Waals surface area contributed by atoms with Crippen LogP contribution in [0.5, 0.6) is 5.75 Å². The molecule has 0 aliphatic heterocycles. The summed E-state index contributed by atoms with van der Waals surface area (Å²) < 4.78 is 12.6. The SMILES string of the molecule is C/C=C(\c1ccccc1COc1cnn(-c2ccc(C#N)cc2)c1)C(O)OC. The molecular weight excluding hydrogens is 354 g/mol. The highest BCUT2D eigenvalue weighted by atomic mass is 16.6. The van der Waals surface area contributed by atoms with Gasteiger partial charge in [-0.3, -0.25) is 0 Å². The molecule has 1 N–H and O–H groups in total. The van der Waals surface area contributed by atoms with E-state index in [2.05, 4.69) is 11.2 Å². The first-order valence-electron chi connectivity index (χ1n) is 8.79. The van der Waals surface area contributed by atoms with E-state index < -0.39 is 6.29 Å². The van der Waals surface area contributed by atoms with Crippen LogP contribution in [0.3, 0.4) is 0 Å². The van der Waals surface area contributed by atoms with Gasteiger partial charge in [0.05, 0.1) is 29.7 Å². The fraction of sp³-hybridized carbons (Fsp3) is 0.182. The van der Waals surface area contributed by atoms with E-state index in [-0.39, 0.29) is 0 Å². The quantitative estimate of drug-likeness (QED) is 0.637. The van der Waals surface area contributed by atoms with Crippen LogP contribution in [0.2, 0.25) is 0 Å². The number of ether oxygens (including phenoxy) is 2. The molecule has 0 saturated carbocycles. The maximum absolute atomic E-state index is 10.1. The van der Waals surface area contributed by atoms with Crippen LogP contribution in [-0.4, -0.2) is 28.3 Å². The smallest absolute Gasteiger partial charge is 0.181 e. The summed E-state index contributed by atoms with van der Waals surface area (Å²) >= 11 is 0. The first-order valence-corrected chi connectivity index (χ1v) is 8.79. The van der Waals surface area contributed by atoms with Gasteiger partial charge in [-0.05, 0) is 42.3 Å². The number of nitriles is 1. The predicted octanol–water partition coefficient (Wildman–Crippen LogP) is 3.69. The van der Waals surface area contributed by atoms with Gasteiger partial charge in [-0.1, -0.05) is 30.3 Å². The van der Waals surface area contributed by atoms with Gasteiger partial charge in [-0.2, -0.15) is 10.4 Å². The molecule has 2 aromatic carbocycles. The summed E-state index contributed by atoms with van der Waals surface area (Å²) in [6.45, 7) is 2.18. The van der Waals surface area contributed by atoms with Crippen molar-refractivity contribution in [1.29, 1.82) is 5.26 Å². The second-order valence-electron chi connectivity index (χ2n) is 6.06.